The van der Waals surface area contributed by atoms with Crippen molar-refractivity contribution in [2.24, 2.45) is 0 Å². The number of nitrogens with zero attached hydrogens (tertiary/aromatic N) is 2. The van der Waals surface area contributed by atoms with Gasteiger partial charge in [-0.25, -0.2) is 0 Å². The Bertz CT molecular complexity index is 3280. The molecule has 0 fully saturated rings. The molecule has 2 nitrogen and oxygen atoms in total. The predicted molar refractivity (Wildman–Crippen MR) is 274 cm³/mol. The first-order valence-corrected chi connectivity index (χ1v) is 23.0. The number of hydrogen-bond donors (Lipinski definition) is 0. The molecule has 64 heavy (non-hydrogen) atoms. The largest absolute Gasteiger partial charge is 0.376 e. The molecule has 0 aromatic heterocycles. The highest BCUT2D eigenvalue weighted by atomic mass is 15.2. The van der Waals surface area contributed by atoms with Crippen LogP contribution in [-0.4, -0.2) is 6.85 Å². The average molecular weight is 823 g/mol. The number of benzene rings is 9. The molecule has 308 valence electrons. The molecule has 2 heterocycles. The quantitative estimate of drug-likeness (QED) is 0.160. The molecule has 0 amide bonds. The lowest BCUT2D eigenvalue weighted by Crippen LogP contribution is -2.62. The van der Waals surface area contributed by atoms with Gasteiger partial charge >= 0.3 is 6.85 Å². The van der Waals surface area contributed by atoms with Crippen LogP contribution in [0, 0.1) is 6.92 Å². The molecule has 0 radical (unpaired) electrons. The summed E-state index contributed by atoms with van der Waals surface area (Å²) in [5.41, 5.74) is 23.0. The molecule has 0 saturated carbocycles. The Morgan fingerprint density at radius 1 is 0.438 bits per heavy atom. The van der Waals surface area contributed by atoms with Crippen molar-refractivity contribution in [3.63, 3.8) is 0 Å². The molecular formula is C61H51BN2. The highest BCUT2D eigenvalue weighted by Crippen LogP contribution is 2.53. The van der Waals surface area contributed by atoms with Crippen LogP contribution < -0.4 is 20.6 Å². The fourth-order valence-corrected chi connectivity index (χ4v) is 11.2. The second kappa shape index (κ2) is 14.5. The van der Waals surface area contributed by atoms with Crippen LogP contribution in [-0.2, 0) is 10.8 Å². The minimum Gasteiger partial charge on any atom is -0.376 e. The number of aryl methyl sites for hydroxylation is 1. The van der Waals surface area contributed by atoms with E-state index in [1.165, 1.54) is 111 Å². The molecule has 0 saturated heterocycles. The van der Waals surface area contributed by atoms with Gasteiger partial charge in [0.05, 0.1) is 0 Å². The smallest absolute Gasteiger partial charge is 0.333 e. The Kier molecular flexibility index (Phi) is 8.72. The third kappa shape index (κ3) is 6.01. The monoisotopic (exact) mass is 822 g/mol. The molecule has 2 aliphatic heterocycles. The van der Waals surface area contributed by atoms with Crippen LogP contribution in [0.3, 0.4) is 0 Å². The molecule has 1 aliphatic carbocycles. The fraction of sp³-hybridized carbons (Fsp3) is 0.148. The number of hydrogen-bond acceptors (Lipinski definition) is 2. The summed E-state index contributed by atoms with van der Waals surface area (Å²) in [5, 5.41) is 2.54. The molecule has 3 aliphatic rings. The lowest BCUT2D eigenvalue weighted by molar-refractivity contribution is 0.332. The number of fused-ring (bicyclic) bond motifs is 7. The van der Waals surface area contributed by atoms with Crippen molar-refractivity contribution in [1.29, 1.82) is 0 Å². The zero-order valence-electron chi connectivity index (χ0n) is 37.4. The summed E-state index contributed by atoms with van der Waals surface area (Å²) in [6.07, 6.45) is 2.30. The molecule has 0 N–H and O–H groups in total. The normalized spacial score (nSPS) is 15.3. The highest BCUT2D eigenvalue weighted by molar-refractivity contribution is 6.94. The first-order chi connectivity index (χ1) is 31.1. The lowest BCUT2D eigenvalue weighted by Gasteiger charge is -2.49. The van der Waals surface area contributed by atoms with Crippen LogP contribution in [0.25, 0.3) is 55.3 Å². The van der Waals surface area contributed by atoms with Crippen molar-refractivity contribution >= 4 is 57.0 Å². The van der Waals surface area contributed by atoms with Crippen molar-refractivity contribution in [3.05, 3.63) is 211 Å². The van der Waals surface area contributed by atoms with Crippen molar-refractivity contribution in [2.45, 2.75) is 58.3 Å². The van der Waals surface area contributed by atoms with E-state index in [-0.39, 0.29) is 17.7 Å². The Labute approximate surface area is 378 Å². The van der Waals surface area contributed by atoms with E-state index in [1.807, 2.05) is 0 Å². The summed E-state index contributed by atoms with van der Waals surface area (Å²) in [5.74, 6) is 0. The van der Waals surface area contributed by atoms with Crippen molar-refractivity contribution in [3.8, 4) is 44.5 Å². The Hall–Kier alpha value is -7.10. The van der Waals surface area contributed by atoms with E-state index >= 15 is 0 Å². The van der Waals surface area contributed by atoms with Crippen LogP contribution in [0.1, 0.15) is 57.2 Å². The molecule has 0 bridgehead atoms. The van der Waals surface area contributed by atoms with Crippen molar-refractivity contribution in [1.82, 2.24) is 0 Å². The minimum absolute atomic E-state index is 0.0234. The van der Waals surface area contributed by atoms with E-state index in [0.717, 1.165) is 12.8 Å². The Morgan fingerprint density at radius 3 is 1.59 bits per heavy atom. The van der Waals surface area contributed by atoms with Gasteiger partial charge in [0.2, 0.25) is 0 Å². The maximum Gasteiger partial charge on any atom is 0.333 e. The van der Waals surface area contributed by atoms with Gasteiger partial charge in [0.1, 0.15) is 0 Å². The SMILES string of the molecule is Cc1ccc(-c2ccccc2)cc1N1c2cc3c(cc2B2c4c1cc1ccccc1c4-c1ccc(-c4ccccc4)cc1N2c1ccc(-c2ccccc2)cc1)C(C)(C)CCC3(C)C. The lowest BCUT2D eigenvalue weighted by atomic mass is 9.42. The molecule has 0 unspecified atom stereocenters. The summed E-state index contributed by atoms with van der Waals surface area (Å²) in [6, 6.07) is 72.9. The zero-order valence-corrected chi connectivity index (χ0v) is 37.4. The maximum atomic E-state index is 2.69. The molecular weight excluding hydrogens is 771 g/mol. The molecule has 9 aromatic carbocycles. The first-order valence-electron chi connectivity index (χ1n) is 23.0. The van der Waals surface area contributed by atoms with Crippen LogP contribution in [0.4, 0.5) is 28.4 Å². The van der Waals surface area contributed by atoms with Gasteiger partial charge in [0.15, 0.2) is 0 Å². The molecule has 9 aromatic rings. The van der Waals surface area contributed by atoms with Gasteiger partial charge < -0.3 is 9.71 Å². The third-order valence-corrected chi connectivity index (χ3v) is 14.8. The summed E-state index contributed by atoms with van der Waals surface area (Å²) >= 11 is 0. The minimum atomic E-state index is -0.106. The van der Waals surface area contributed by atoms with Gasteiger partial charge in [-0.05, 0) is 144 Å². The Balaban J connectivity index is 1.21. The summed E-state index contributed by atoms with van der Waals surface area (Å²) < 4.78 is 0. The van der Waals surface area contributed by atoms with Gasteiger partial charge in [0.25, 0.3) is 0 Å². The maximum absolute atomic E-state index is 2.69. The zero-order chi connectivity index (χ0) is 43.3. The summed E-state index contributed by atoms with van der Waals surface area (Å²) in [7, 11) is 0. The first kappa shape index (κ1) is 38.6. The number of rotatable bonds is 5. The van der Waals surface area contributed by atoms with Crippen molar-refractivity contribution < 1.29 is 0 Å². The molecule has 3 heteroatoms. The van der Waals surface area contributed by atoms with Crippen LogP contribution in [0.2, 0.25) is 0 Å². The highest BCUT2D eigenvalue weighted by Gasteiger charge is 2.48. The fourth-order valence-electron chi connectivity index (χ4n) is 11.2. The standard InChI is InChI=1S/C61H51BN2/c1-40-25-26-45(42-19-11-7-12-20-42)35-54(40)63-56-39-52-51(60(2,3)33-34-61(52,4)5)38-53(56)62-59-57(63)37-47-23-15-16-24-49(47)58(59)50-32-29-46(43-21-13-8-14-22-43)36-55(50)64(62)48-30-27-44(28-31-48)41-17-9-6-10-18-41/h6-32,35-39H,33-34H2,1-5H3. The van der Waals surface area contributed by atoms with E-state index in [0.29, 0.717) is 0 Å². The second-order valence-corrected chi connectivity index (χ2v) is 19.6. The van der Waals surface area contributed by atoms with E-state index in [9.17, 15) is 0 Å². The van der Waals surface area contributed by atoms with Crippen LogP contribution in [0.5, 0.6) is 0 Å². The van der Waals surface area contributed by atoms with Gasteiger partial charge in [-0.15, -0.1) is 0 Å². The van der Waals surface area contributed by atoms with Gasteiger partial charge in [0, 0.05) is 34.0 Å². The molecule has 0 spiro atoms. The van der Waals surface area contributed by atoms with Gasteiger partial charge in [-0.1, -0.05) is 185 Å². The van der Waals surface area contributed by atoms with Crippen LogP contribution >= 0.6 is 0 Å². The van der Waals surface area contributed by atoms with E-state index in [1.54, 1.807) is 0 Å². The van der Waals surface area contributed by atoms with Gasteiger partial charge in [-0.2, -0.15) is 0 Å². The van der Waals surface area contributed by atoms with Crippen LogP contribution in [0.15, 0.2) is 194 Å². The molecule has 12 rings (SSSR count). The summed E-state index contributed by atoms with van der Waals surface area (Å²) in [6.45, 7) is 12.0. The van der Waals surface area contributed by atoms with Gasteiger partial charge in [-0.3, -0.25) is 0 Å². The number of anilines is 5. The Morgan fingerprint density at radius 2 is 0.953 bits per heavy atom. The predicted octanol–water partition coefficient (Wildman–Crippen LogP) is 15.2. The summed E-state index contributed by atoms with van der Waals surface area (Å²) in [4.78, 5) is 5.34. The van der Waals surface area contributed by atoms with E-state index < -0.39 is 0 Å². The van der Waals surface area contributed by atoms with Crippen molar-refractivity contribution in [2.75, 3.05) is 9.71 Å². The molecule has 0 atom stereocenters. The van der Waals surface area contributed by atoms with E-state index in [2.05, 4.69) is 238 Å². The average Bonchev–Trinajstić information content (AvgIpc) is 3.33. The second-order valence-electron chi connectivity index (χ2n) is 19.6. The van der Waals surface area contributed by atoms with E-state index in [4.69, 9.17) is 0 Å². The topological polar surface area (TPSA) is 6.48 Å². The third-order valence-electron chi connectivity index (χ3n) is 14.8.